The van der Waals surface area contributed by atoms with Crippen LogP contribution in [0.4, 0.5) is 0 Å². The van der Waals surface area contributed by atoms with Crippen LogP contribution in [0.25, 0.3) is 0 Å². The molecular formula is C55H95NO5. The van der Waals surface area contributed by atoms with Crippen molar-refractivity contribution in [1.29, 1.82) is 0 Å². The minimum atomic E-state index is -0.824. The number of ether oxygens (including phenoxy) is 1. The molecule has 1 amide bonds. The Morgan fingerprint density at radius 3 is 1.46 bits per heavy atom. The van der Waals surface area contributed by atoms with Crippen LogP contribution < -0.4 is 5.32 Å². The summed E-state index contributed by atoms with van der Waals surface area (Å²) in [5.74, 6) is -0.646. The molecule has 6 nitrogen and oxygen atoms in total. The van der Waals surface area contributed by atoms with Gasteiger partial charge in [0.1, 0.15) is 6.10 Å². The standard InChI is InChI=1S/C55H95NO5/c1-4-7-10-13-16-19-22-25-27-30-33-36-39-42-45-48-55(60)61-51(46-43-40-37-34-31-29-26-23-20-17-14-11-8-5-2)49-54(59)56-52(50-57)53(58)47-44-41-38-35-32-28-24-21-18-15-12-9-6-3/h8,11,16-17,19-20,22,25-26,29,34,37,43,46,51-53,57-58H,4-7,9-10,12-15,18,21,23-24,27-28,30-33,35-36,38-42,44-45,47-50H2,1-3H3,(H,56,59)/b11-8+,19-16+,20-17+,25-22+,29-26+,37-34+,46-43+. The van der Waals surface area contributed by atoms with Crippen LogP contribution in [0.3, 0.4) is 0 Å². The molecule has 0 aromatic rings. The minimum Gasteiger partial charge on any atom is -0.458 e. The number of esters is 1. The van der Waals surface area contributed by atoms with Crippen molar-refractivity contribution >= 4 is 11.9 Å². The highest BCUT2D eigenvalue weighted by Gasteiger charge is 2.23. The Balaban J connectivity index is 4.76. The third-order valence-electron chi connectivity index (χ3n) is 11.0. The molecule has 0 bridgehead atoms. The Morgan fingerprint density at radius 2 is 0.951 bits per heavy atom. The summed E-state index contributed by atoms with van der Waals surface area (Å²) < 4.78 is 5.81. The highest BCUT2D eigenvalue weighted by atomic mass is 16.5. The summed E-state index contributed by atoms with van der Waals surface area (Å²) in [5, 5.41) is 23.7. The Labute approximate surface area is 376 Å². The van der Waals surface area contributed by atoms with Gasteiger partial charge in [-0.25, -0.2) is 0 Å². The van der Waals surface area contributed by atoms with Gasteiger partial charge in [0.2, 0.25) is 5.91 Å². The molecule has 0 radical (unpaired) electrons. The first-order valence-corrected chi connectivity index (χ1v) is 25.3. The minimum absolute atomic E-state index is 0.0541. The Hall–Kier alpha value is -2.96. The van der Waals surface area contributed by atoms with E-state index in [2.05, 4.69) is 99.0 Å². The summed E-state index contributed by atoms with van der Waals surface area (Å²) in [7, 11) is 0. The van der Waals surface area contributed by atoms with E-state index < -0.39 is 18.2 Å². The summed E-state index contributed by atoms with van der Waals surface area (Å²) in [6.45, 7) is 6.29. The normalized spacial score (nSPS) is 14.0. The van der Waals surface area contributed by atoms with Crippen LogP contribution in [0.2, 0.25) is 0 Å². The number of hydrogen-bond acceptors (Lipinski definition) is 5. The third-order valence-corrected chi connectivity index (χ3v) is 11.0. The summed E-state index contributed by atoms with van der Waals surface area (Å²) in [6, 6.07) is -0.747. The second-order valence-corrected chi connectivity index (χ2v) is 16.9. The number of unbranched alkanes of at least 4 members (excludes halogenated alkanes) is 21. The molecule has 350 valence electrons. The van der Waals surface area contributed by atoms with E-state index in [1.165, 1.54) is 103 Å². The third kappa shape index (κ3) is 43.5. The van der Waals surface area contributed by atoms with E-state index in [0.717, 1.165) is 77.0 Å². The fourth-order valence-corrected chi connectivity index (χ4v) is 7.15. The zero-order valence-electron chi connectivity index (χ0n) is 39.8. The van der Waals surface area contributed by atoms with Crippen molar-refractivity contribution in [3.8, 4) is 0 Å². The first-order chi connectivity index (χ1) is 30.0. The van der Waals surface area contributed by atoms with Crippen molar-refractivity contribution in [3.63, 3.8) is 0 Å². The average Bonchev–Trinajstić information content (AvgIpc) is 3.25. The number of carbonyl (C=O) groups is 2. The fraction of sp³-hybridized carbons (Fsp3) is 0.709. The van der Waals surface area contributed by atoms with Gasteiger partial charge in [0.25, 0.3) is 0 Å². The summed E-state index contributed by atoms with van der Waals surface area (Å²) in [5.41, 5.74) is 0. The smallest absolute Gasteiger partial charge is 0.306 e. The summed E-state index contributed by atoms with van der Waals surface area (Å²) in [4.78, 5) is 26.1. The molecule has 3 atom stereocenters. The van der Waals surface area contributed by atoms with Crippen molar-refractivity contribution in [2.45, 2.75) is 244 Å². The highest BCUT2D eigenvalue weighted by molar-refractivity contribution is 5.78. The molecule has 3 unspecified atom stereocenters. The predicted octanol–water partition coefficient (Wildman–Crippen LogP) is 15.2. The van der Waals surface area contributed by atoms with Crippen molar-refractivity contribution < 1.29 is 24.5 Å². The molecule has 0 aliphatic rings. The van der Waals surface area contributed by atoms with Gasteiger partial charge in [-0.3, -0.25) is 9.59 Å². The topological polar surface area (TPSA) is 95.9 Å². The largest absolute Gasteiger partial charge is 0.458 e. The van der Waals surface area contributed by atoms with Crippen LogP contribution in [-0.2, 0) is 14.3 Å². The maximum atomic E-state index is 13.2. The van der Waals surface area contributed by atoms with E-state index in [4.69, 9.17) is 4.74 Å². The van der Waals surface area contributed by atoms with Gasteiger partial charge in [0.05, 0.1) is 25.2 Å². The molecule has 0 heterocycles. The van der Waals surface area contributed by atoms with E-state index in [1.807, 2.05) is 6.08 Å². The molecule has 0 saturated heterocycles. The van der Waals surface area contributed by atoms with Crippen molar-refractivity contribution in [2.24, 2.45) is 0 Å². The molecule has 0 fully saturated rings. The van der Waals surface area contributed by atoms with Gasteiger partial charge in [0.15, 0.2) is 0 Å². The van der Waals surface area contributed by atoms with Gasteiger partial charge >= 0.3 is 5.97 Å². The van der Waals surface area contributed by atoms with Crippen molar-refractivity contribution in [3.05, 3.63) is 85.1 Å². The summed E-state index contributed by atoms with van der Waals surface area (Å²) >= 11 is 0. The second-order valence-electron chi connectivity index (χ2n) is 16.9. The SMILES string of the molecule is CC/C=C/C/C=C/C/C=C/C/C=C/C/C=C/C(CC(=O)NC(CO)C(O)CCCCCCCCCCCCCCC)OC(=O)CCCCCCCC/C=C/C=C/CCCCC. The molecule has 0 aromatic heterocycles. The van der Waals surface area contributed by atoms with Crippen LogP contribution in [0.5, 0.6) is 0 Å². The molecular weight excluding hydrogens is 755 g/mol. The second kappa shape index (κ2) is 48.1. The Morgan fingerprint density at radius 1 is 0.525 bits per heavy atom. The number of amides is 1. The lowest BCUT2D eigenvalue weighted by Crippen LogP contribution is -2.46. The fourth-order valence-electron chi connectivity index (χ4n) is 7.15. The maximum Gasteiger partial charge on any atom is 0.306 e. The lowest BCUT2D eigenvalue weighted by Gasteiger charge is -2.23. The number of carbonyl (C=O) groups excluding carboxylic acids is 2. The number of aliphatic hydroxyl groups is 2. The monoisotopic (exact) mass is 850 g/mol. The zero-order valence-corrected chi connectivity index (χ0v) is 39.8. The van der Waals surface area contributed by atoms with E-state index in [0.29, 0.717) is 19.3 Å². The first kappa shape index (κ1) is 58.0. The van der Waals surface area contributed by atoms with Crippen LogP contribution in [0.1, 0.15) is 226 Å². The number of allylic oxidation sites excluding steroid dienone is 13. The van der Waals surface area contributed by atoms with Gasteiger partial charge in [-0.1, -0.05) is 222 Å². The number of hydrogen-bond donors (Lipinski definition) is 3. The van der Waals surface area contributed by atoms with Gasteiger partial charge in [-0.15, -0.1) is 0 Å². The van der Waals surface area contributed by atoms with Gasteiger partial charge in [0, 0.05) is 6.42 Å². The first-order valence-electron chi connectivity index (χ1n) is 25.3. The van der Waals surface area contributed by atoms with Gasteiger partial charge in [-0.05, 0) is 76.7 Å². The highest BCUT2D eigenvalue weighted by Crippen LogP contribution is 2.15. The molecule has 0 aliphatic heterocycles. The van der Waals surface area contributed by atoms with Crippen molar-refractivity contribution in [2.75, 3.05) is 6.61 Å². The quantitative estimate of drug-likeness (QED) is 0.0246. The number of nitrogens with one attached hydrogen (secondary N) is 1. The zero-order chi connectivity index (χ0) is 44.5. The molecule has 6 heteroatoms. The van der Waals surface area contributed by atoms with Gasteiger partial charge in [-0.2, -0.15) is 0 Å². The predicted molar refractivity (Wildman–Crippen MR) is 264 cm³/mol. The van der Waals surface area contributed by atoms with Crippen LogP contribution in [-0.4, -0.2) is 46.9 Å². The van der Waals surface area contributed by atoms with Crippen LogP contribution in [0.15, 0.2) is 85.1 Å². The molecule has 61 heavy (non-hydrogen) atoms. The van der Waals surface area contributed by atoms with E-state index in [1.54, 1.807) is 6.08 Å². The Kier molecular flexibility index (Phi) is 45.7. The molecule has 0 aliphatic carbocycles. The molecule has 0 rings (SSSR count). The lowest BCUT2D eigenvalue weighted by molar-refractivity contribution is -0.148. The van der Waals surface area contributed by atoms with E-state index in [-0.39, 0.29) is 24.9 Å². The molecule has 3 N–H and O–H groups in total. The van der Waals surface area contributed by atoms with Crippen LogP contribution in [0, 0.1) is 0 Å². The summed E-state index contributed by atoms with van der Waals surface area (Å²) in [6.07, 6.45) is 62.4. The molecule has 0 spiro atoms. The van der Waals surface area contributed by atoms with Crippen LogP contribution >= 0.6 is 0 Å². The van der Waals surface area contributed by atoms with Gasteiger partial charge < -0.3 is 20.3 Å². The molecule has 0 saturated carbocycles. The van der Waals surface area contributed by atoms with E-state index in [9.17, 15) is 19.8 Å². The number of rotatable bonds is 44. The maximum absolute atomic E-state index is 13.2. The van der Waals surface area contributed by atoms with E-state index >= 15 is 0 Å². The van der Waals surface area contributed by atoms with Crippen molar-refractivity contribution in [1.82, 2.24) is 5.32 Å². The Bertz CT molecular complexity index is 1180. The number of aliphatic hydroxyl groups excluding tert-OH is 2. The average molecular weight is 850 g/mol. The molecule has 0 aromatic carbocycles. The lowest BCUT2D eigenvalue weighted by atomic mass is 10.0.